The third-order valence-electron chi connectivity index (χ3n) is 3.49. The number of nitrogens with one attached hydrogen (secondary N) is 1. The number of carbonyl (C=O) groups is 1. The van der Waals surface area contributed by atoms with Gasteiger partial charge in [0, 0.05) is 25.1 Å². The SMILES string of the molecule is CCC(C)c1ccccc1NC(=O)CSc1nccn1C. The highest BCUT2D eigenvalue weighted by atomic mass is 32.2. The molecule has 1 aromatic carbocycles. The molecule has 21 heavy (non-hydrogen) atoms. The van der Waals surface area contributed by atoms with Gasteiger partial charge in [0.2, 0.25) is 5.91 Å². The highest BCUT2D eigenvalue weighted by Crippen LogP contribution is 2.26. The number of hydrogen-bond donors (Lipinski definition) is 1. The smallest absolute Gasteiger partial charge is 0.234 e. The fourth-order valence-electron chi connectivity index (χ4n) is 2.07. The zero-order valence-corrected chi connectivity index (χ0v) is 13.5. The third kappa shape index (κ3) is 4.11. The maximum atomic E-state index is 12.1. The van der Waals surface area contributed by atoms with Crippen LogP contribution < -0.4 is 5.32 Å². The van der Waals surface area contributed by atoms with Gasteiger partial charge in [-0.3, -0.25) is 4.79 Å². The van der Waals surface area contributed by atoms with E-state index in [0.29, 0.717) is 11.7 Å². The summed E-state index contributed by atoms with van der Waals surface area (Å²) in [6.07, 6.45) is 4.66. The number of para-hydroxylation sites is 1. The second-order valence-corrected chi connectivity index (χ2v) is 6.00. The van der Waals surface area contributed by atoms with E-state index in [-0.39, 0.29) is 5.91 Å². The summed E-state index contributed by atoms with van der Waals surface area (Å²) in [4.78, 5) is 16.3. The van der Waals surface area contributed by atoms with Gasteiger partial charge in [-0.25, -0.2) is 4.98 Å². The van der Waals surface area contributed by atoms with Crippen LogP contribution in [0.15, 0.2) is 41.8 Å². The van der Waals surface area contributed by atoms with Crippen molar-refractivity contribution in [3.05, 3.63) is 42.2 Å². The van der Waals surface area contributed by atoms with Gasteiger partial charge in [-0.1, -0.05) is 43.8 Å². The molecule has 1 amide bonds. The van der Waals surface area contributed by atoms with E-state index in [0.717, 1.165) is 17.3 Å². The van der Waals surface area contributed by atoms with Crippen molar-refractivity contribution in [1.29, 1.82) is 0 Å². The van der Waals surface area contributed by atoms with Crippen LogP contribution in [-0.2, 0) is 11.8 Å². The van der Waals surface area contributed by atoms with Gasteiger partial charge in [0.15, 0.2) is 5.16 Å². The Morgan fingerprint density at radius 3 is 2.86 bits per heavy atom. The molecule has 0 aliphatic heterocycles. The zero-order chi connectivity index (χ0) is 15.2. The van der Waals surface area contributed by atoms with Crippen LogP contribution in [0.5, 0.6) is 0 Å². The number of benzene rings is 1. The van der Waals surface area contributed by atoms with Crippen LogP contribution >= 0.6 is 11.8 Å². The van der Waals surface area contributed by atoms with Crippen molar-refractivity contribution < 1.29 is 4.79 Å². The number of rotatable bonds is 6. The first-order valence-electron chi connectivity index (χ1n) is 7.10. The first-order valence-corrected chi connectivity index (χ1v) is 8.09. The Balaban J connectivity index is 1.98. The molecule has 112 valence electrons. The number of carbonyl (C=O) groups excluding carboxylic acids is 1. The first kappa shape index (κ1) is 15.6. The fourth-order valence-corrected chi connectivity index (χ4v) is 2.80. The second-order valence-electron chi connectivity index (χ2n) is 5.05. The van der Waals surface area contributed by atoms with Crippen LogP contribution in [0.2, 0.25) is 0 Å². The molecule has 0 saturated carbocycles. The van der Waals surface area contributed by atoms with Gasteiger partial charge in [0.25, 0.3) is 0 Å². The lowest BCUT2D eigenvalue weighted by molar-refractivity contribution is -0.113. The molecule has 1 unspecified atom stereocenters. The summed E-state index contributed by atoms with van der Waals surface area (Å²) in [5.74, 6) is 0.794. The number of hydrogen-bond acceptors (Lipinski definition) is 3. The van der Waals surface area contributed by atoms with E-state index in [1.54, 1.807) is 6.20 Å². The van der Waals surface area contributed by atoms with Crippen LogP contribution in [0.4, 0.5) is 5.69 Å². The average molecular weight is 303 g/mol. The number of anilines is 1. The van der Waals surface area contributed by atoms with Crippen LogP contribution in [0.1, 0.15) is 31.7 Å². The predicted molar refractivity (Wildman–Crippen MR) is 87.7 cm³/mol. The molecule has 2 rings (SSSR count). The number of imidazole rings is 1. The zero-order valence-electron chi connectivity index (χ0n) is 12.7. The van der Waals surface area contributed by atoms with Gasteiger partial charge < -0.3 is 9.88 Å². The first-order chi connectivity index (χ1) is 10.1. The van der Waals surface area contributed by atoms with E-state index in [1.807, 2.05) is 36.0 Å². The lowest BCUT2D eigenvalue weighted by atomic mass is 9.97. The minimum atomic E-state index is -0.00115. The quantitative estimate of drug-likeness (QED) is 0.828. The van der Waals surface area contributed by atoms with Crippen molar-refractivity contribution in [2.45, 2.75) is 31.3 Å². The van der Waals surface area contributed by atoms with Crippen molar-refractivity contribution in [2.24, 2.45) is 7.05 Å². The maximum absolute atomic E-state index is 12.1. The number of amides is 1. The lowest BCUT2D eigenvalue weighted by Crippen LogP contribution is -2.16. The molecule has 1 atom stereocenters. The van der Waals surface area contributed by atoms with Gasteiger partial charge in [-0.05, 0) is 24.0 Å². The van der Waals surface area contributed by atoms with Crippen molar-refractivity contribution in [2.75, 3.05) is 11.1 Å². The van der Waals surface area contributed by atoms with Gasteiger partial charge in [-0.2, -0.15) is 0 Å². The normalized spacial score (nSPS) is 12.1. The van der Waals surface area contributed by atoms with Gasteiger partial charge in [0.1, 0.15) is 0 Å². The number of nitrogens with zero attached hydrogens (tertiary/aromatic N) is 2. The summed E-state index contributed by atoms with van der Waals surface area (Å²) in [6.45, 7) is 4.33. The number of aryl methyl sites for hydroxylation is 1. The predicted octanol–water partition coefficient (Wildman–Crippen LogP) is 3.66. The summed E-state index contributed by atoms with van der Waals surface area (Å²) in [5, 5.41) is 3.86. The molecule has 4 nitrogen and oxygen atoms in total. The van der Waals surface area contributed by atoms with E-state index in [9.17, 15) is 4.79 Å². The highest BCUT2D eigenvalue weighted by Gasteiger charge is 2.12. The average Bonchev–Trinajstić information content (AvgIpc) is 2.90. The minimum Gasteiger partial charge on any atom is -0.329 e. The molecule has 2 aromatic rings. The Morgan fingerprint density at radius 2 is 2.19 bits per heavy atom. The largest absolute Gasteiger partial charge is 0.329 e. The molecule has 0 aliphatic carbocycles. The summed E-state index contributed by atoms with van der Waals surface area (Å²) in [7, 11) is 1.92. The number of thioether (sulfide) groups is 1. The minimum absolute atomic E-state index is 0.00115. The van der Waals surface area contributed by atoms with Crippen molar-refractivity contribution in [3.8, 4) is 0 Å². The summed E-state index contributed by atoms with van der Waals surface area (Å²) in [6, 6.07) is 8.01. The Morgan fingerprint density at radius 1 is 1.43 bits per heavy atom. The van der Waals surface area contributed by atoms with Crippen molar-refractivity contribution in [1.82, 2.24) is 9.55 Å². The van der Waals surface area contributed by atoms with Crippen LogP contribution in [0.3, 0.4) is 0 Å². The summed E-state index contributed by atoms with van der Waals surface area (Å²) < 4.78 is 1.91. The molecule has 1 heterocycles. The molecular weight excluding hydrogens is 282 g/mol. The van der Waals surface area contributed by atoms with Gasteiger partial charge >= 0.3 is 0 Å². The Kier molecular flexibility index (Phi) is 5.44. The Hall–Kier alpha value is -1.75. The van der Waals surface area contributed by atoms with E-state index >= 15 is 0 Å². The van der Waals surface area contributed by atoms with Crippen LogP contribution in [-0.4, -0.2) is 21.2 Å². The van der Waals surface area contributed by atoms with Gasteiger partial charge in [-0.15, -0.1) is 0 Å². The number of aromatic nitrogens is 2. The van der Waals surface area contributed by atoms with E-state index in [4.69, 9.17) is 0 Å². The topological polar surface area (TPSA) is 46.9 Å². The van der Waals surface area contributed by atoms with E-state index in [1.165, 1.54) is 17.3 Å². The van der Waals surface area contributed by atoms with Crippen LogP contribution in [0, 0.1) is 0 Å². The molecule has 0 radical (unpaired) electrons. The van der Waals surface area contributed by atoms with Crippen molar-refractivity contribution in [3.63, 3.8) is 0 Å². The molecule has 1 N–H and O–H groups in total. The molecule has 0 fully saturated rings. The Labute approximate surface area is 130 Å². The molecule has 0 aliphatic rings. The highest BCUT2D eigenvalue weighted by molar-refractivity contribution is 7.99. The molecule has 1 aromatic heterocycles. The molecule has 0 saturated heterocycles. The summed E-state index contributed by atoms with van der Waals surface area (Å²) >= 11 is 1.44. The standard InChI is InChI=1S/C16H21N3OS/c1-4-12(2)13-7-5-6-8-14(13)18-15(20)11-21-16-17-9-10-19(16)3/h5-10,12H,4,11H2,1-3H3,(H,18,20). The summed E-state index contributed by atoms with van der Waals surface area (Å²) in [5.41, 5.74) is 2.10. The maximum Gasteiger partial charge on any atom is 0.234 e. The molecule has 0 bridgehead atoms. The lowest BCUT2D eigenvalue weighted by Gasteiger charge is -2.15. The fraction of sp³-hybridized carbons (Fsp3) is 0.375. The van der Waals surface area contributed by atoms with Gasteiger partial charge in [0.05, 0.1) is 5.75 Å². The molecular formula is C16H21N3OS. The van der Waals surface area contributed by atoms with Crippen molar-refractivity contribution >= 4 is 23.4 Å². The third-order valence-corrected chi connectivity index (χ3v) is 4.55. The Bertz CT molecular complexity index is 609. The van der Waals surface area contributed by atoms with E-state index in [2.05, 4.69) is 30.2 Å². The van der Waals surface area contributed by atoms with Crippen LogP contribution in [0.25, 0.3) is 0 Å². The monoisotopic (exact) mass is 303 g/mol. The molecule has 0 spiro atoms. The van der Waals surface area contributed by atoms with E-state index < -0.39 is 0 Å². The second kappa shape index (κ2) is 7.31. The molecule has 5 heteroatoms.